The van der Waals surface area contributed by atoms with Crippen LogP contribution in [0, 0.1) is 11.3 Å². The molecule has 0 atom stereocenters. The molecule has 218 valence electrons. The van der Waals surface area contributed by atoms with Gasteiger partial charge >= 0.3 is 12.4 Å². The van der Waals surface area contributed by atoms with Crippen LogP contribution in [0.5, 0.6) is 11.5 Å². The summed E-state index contributed by atoms with van der Waals surface area (Å²) in [5, 5.41) is 9.34. The molecule has 0 radical (unpaired) electrons. The van der Waals surface area contributed by atoms with Gasteiger partial charge in [-0.25, -0.2) is 0 Å². The molecule has 41 heavy (non-hydrogen) atoms. The van der Waals surface area contributed by atoms with Crippen LogP contribution in [0.3, 0.4) is 0 Å². The predicted octanol–water partition coefficient (Wildman–Crippen LogP) is 5.81. The van der Waals surface area contributed by atoms with Gasteiger partial charge in [-0.3, -0.25) is 9.69 Å². The summed E-state index contributed by atoms with van der Waals surface area (Å²) in [7, 11) is 1.32. The summed E-state index contributed by atoms with van der Waals surface area (Å²) < 4.78 is 90.1. The number of ether oxygens (including phenoxy) is 2. The van der Waals surface area contributed by atoms with Gasteiger partial charge in [-0.2, -0.15) is 36.6 Å². The van der Waals surface area contributed by atoms with Crippen LogP contribution < -0.4 is 9.47 Å². The molecule has 4 rings (SSSR count). The fraction of sp³-hybridized carbons (Fsp3) is 0.370. The minimum absolute atomic E-state index is 0.0620. The first-order chi connectivity index (χ1) is 19.4. The van der Waals surface area contributed by atoms with E-state index in [2.05, 4.69) is 16.0 Å². The minimum atomic E-state index is -5.02. The Hall–Kier alpha value is -3.70. The van der Waals surface area contributed by atoms with Crippen LogP contribution in [0.25, 0.3) is 6.08 Å². The maximum Gasteiger partial charge on any atom is 0.416 e. The number of amides is 1. The maximum atomic E-state index is 13.5. The molecule has 14 heteroatoms. The SMILES string of the molecule is COc1cc(C=C2SC(N3CCN(CCC#N)CC3)=NC2=O)ccc1OCc1ccc(C(F)(F)F)cc1C(F)(F)F. The minimum Gasteiger partial charge on any atom is -0.493 e. The number of nitrogens with zero attached hydrogens (tertiary/aromatic N) is 4. The first-order valence-electron chi connectivity index (χ1n) is 12.3. The van der Waals surface area contributed by atoms with E-state index in [4.69, 9.17) is 14.7 Å². The Kier molecular flexibility index (Phi) is 9.18. The molecule has 0 N–H and O–H groups in total. The van der Waals surface area contributed by atoms with Crippen LogP contribution in [0.2, 0.25) is 0 Å². The number of methoxy groups -OCH3 is 1. The van der Waals surface area contributed by atoms with Gasteiger partial charge in [0.25, 0.3) is 5.91 Å². The van der Waals surface area contributed by atoms with Gasteiger partial charge in [0, 0.05) is 44.7 Å². The van der Waals surface area contributed by atoms with Crippen LogP contribution in [-0.4, -0.2) is 60.7 Å². The van der Waals surface area contributed by atoms with Gasteiger partial charge in [0.15, 0.2) is 16.7 Å². The fourth-order valence-corrected chi connectivity index (χ4v) is 5.21. The van der Waals surface area contributed by atoms with E-state index in [0.29, 0.717) is 47.8 Å². The highest BCUT2D eigenvalue weighted by molar-refractivity contribution is 8.18. The number of halogens is 6. The van der Waals surface area contributed by atoms with E-state index in [1.165, 1.54) is 31.0 Å². The van der Waals surface area contributed by atoms with Crippen molar-refractivity contribution >= 4 is 28.9 Å². The lowest BCUT2D eigenvalue weighted by Gasteiger charge is -2.34. The number of piperazine rings is 1. The van der Waals surface area contributed by atoms with Crippen LogP contribution >= 0.6 is 11.8 Å². The van der Waals surface area contributed by atoms with Crippen molar-refractivity contribution in [3.05, 3.63) is 63.6 Å². The number of rotatable bonds is 7. The van der Waals surface area contributed by atoms with Gasteiger partial charge in [0.2, 0.25) is 0 Å². The lowest BCUT2D eigenvalue weighted by Crippen LogP contribution is -2.47. The summed E-state index contributed by atoms with van der Waals surface area (Å²) in [6.07, 6.45) is -7.88. The van der Waals surface area contributed by atoms with Gasteiger partial charge in [-0.05, 0) is 47.7 Å². The van der Waals surface area contributed by atoms with Crippen molar-refractivity contribution in [2.45, 2.75) is 25.4 Å². The van der Waals surface area contributed by atoms with Crippen LogP contribution in [0.4, 0.5) is 26.3 Å². The first-order valence-corrected chi connectivity index (χ1v) is 13.2. The molecule has 0 aromatic heterocycles. The first kappa shape index (κ1) is 30.3. The average molecular weight is 599 g/mol. The number of carbonyl (C=O) groups is 1. The van der Waals surface area contributed by atoms with Gasteiger partial charge in [-0.1, -0.05) is 12.1 Å². The molecule has 0 spiro atoms. The molecule has 2 aromatic rings. The monoisotopic (exact) mass is 598 g/mol. The number of benzene rings is 2. The van der Waals surface area contributed by atoms with Crippen molar-refractivity contribution in [2.75, 3.05) is 39.8 Å². The Morgan fingerprint density at radius 2 is 1.76 bits per heavy atom. The van der Waals surface area contributed by atoms with E-state index in [9.17, 15) is 31.1 Å². The Labute approximate surface area is 236 Å². The number of carbonyl (C=O) groups excluding carboxylic acids is 1. The van der Waals surface area contributed by atoms with E-state index in [-0.39, 0.29) is 17.6 Å². The highest BCUT2D eigenvalue weighted by atomic mass is 32.2. The van der Waals surface area contributed by atoms with Crippen LogP contribution in [0.15, 0.2) is 46.3 Å². The summed E-state index contributed by atoms with van der Waals surface area (Å²) in [5.74, 6) is -0.178. The summed E-state index contributed by atoms with van der Waals surface area (Å²) >= 11 is 1.23. The second kappa shape index (κ2) is 12.4. The molecule has 7 nitrogen and oxygen atoms in total. The van der Waals surface area contributed by atoms with Gasteiger partial charge in [0.1, 0.15) is 6.61 Å². The molecule has 2 aliphatic heterocycles. The number of aliphatic imine (C=N–C) groups is 1. The second-order valence-electron chi connectivity index (χ2n) is 9.11. The number of alkyl halides is 6. The third kappa shape index (κ3) is 7.53. The Morgan fingerprint density at radius 3 is 2.39 bits per heavy atom. The van der Waals surface area contributed by atoms with Crippen molar-refractivity contribution in [3.8, 4) is 17.6 Å². The number of amidine groups is 1. The van der Waals surface area contributed by atoms with Crippen LogP contribution in [-0.2, 0) is 23.8 Å². The zero-order valence-corrected chi connectivity index (χ0v) is 22.5. The molecule has 2 heterocycles. The third-order valence-corrected chi connectivity index (χ3v) is 7.45. The standard InChI is InChI=1S/C27H24F6N4O3S/c1-39-22-13-17(14-23-24(38)35-25(41-23)37-11-9-36(10-12-37)8-2-7-34)3-6-21(22)40-16-18-4-5-19(26(28,29)30)15-20(18)27(31,32)33/h3-6,13-15H,2,8-12,16H2,1H3. The van der Waals surface area contributed by atoms with Gasteiger partial charge in [-0.15, -0.1) is 0 Å². The molecular weight excluding hydrogens is 574 g/mol. The number of hydrogen-bond acceptors (Lipinski definition) is 7. The summed E-state index contributed by atoms with van der Waals surface area (Å²) in [6, 6.07) is 8.04. The van der Waals surface area contributed by atoms with E-state index in [0.717, 1.165) is 19.2 Å². The summed E-state index contributed by atoms with van der Waals surface area (Å²) in [5.41, 5.74) is -2.77. The number of nitriles is 1. The topological polar surface area (TPSA) is 78.2 Å². The van der Waals surface area contributed by atoms with Crippen molar-refractivity contribution in [2.24, 2.45) is 4.99 Å². The molecule has 1 saturated heterocycles. The molecule has 1 amide bonds. The predicted molar refractivity (Wildman–Crippen MR) is 140 cm³/mol. The van der Waals surface area contributed by atoms with E-state index in [1.807, 2.05) is 4.90 Å². The van der Waals surface area contributed by atoms with Crippen LogP contribution in [0.1, 0.15) is 28.7 Å². The van der Waals surface area contributed by atoms with Crippen molar-refractivity contribution in [1.29, 1.82) is 5.26 Å². The fourth-order valence-electron chi connectivity index (χ4n) is 4.25. The highest BCUT2D eigenvalue weighted by Crippen LogP contribution is 2.39. The van der Waals surface area contributed by atoms with E-state index in [1.54, 1.807) is 12.1 Å². The van der Waals surface area contributed by atoms with E-state index >= 15 is 0 Å². The zero-order valence-electron chi connectivity index (χ0n) is 21.7. The van der Waals surface area contributed by atoms with Gasteiger partial charge < -0.3 is 14.4 Å². The molecule has 1 fully saturated rings. The molecule has 0 bridgehead atoms. The smallest absolute Gasteiger partial charge is 0.416 e. The normalized spacial score (nSPS) is 17.5. The zero-order chi connectivity index (χ0) is 29.8. The van der Waals surface area contributed by atoms with E-state index < -0.39 is 41.6 Å². The lowest BCUT2D eigenvalue weighted by atomic mass is 10.0. The van der Waals surface area contributed by atoms with Crippen molar-refractivity contribution in [3.63, 3.8) is 0 Å². The van der Waals surface area contributed by atoms with Crippen molar-refractivity contribution < 1.29 is 40.6 Å². The highest BCUT2D eigenvalue weighted by Gasteiger charge is 2.38. The summed E-state index contributed by atoms with van der Waals surface area (Å²) in [4.78, 5) is 21.3. The second-order valence-corrected chi connectivity index (χ2v) is 10.1. The quantitative estimate of drug-likeness (QED) is 0.294. The Balaban J connectivity index is 1.44. The number of thioether (sulfide) groups is 1. The Bertz CT molecular complexity index is 1390. The maximum absolute atomic E-state index is 13.5. The molecular formula is C27H24F6N4O3S. The lowest BCUT2D eigenvalue weighted by molar-refractivity contribution is -0.143. The molecule has 0 aliphatic carbocycles. The average Bonchev–Trinajstić information content (AvgIpc) is 3.29. The number of hydrogen-bond donors (Lipinski definition) is 0. The third-order valence-electron chi connectivity index (χ3n) is 6.40. The summed E-state index contributed by atoms with van der Waals surface area (Å²) in [6.45, 7) is 2.90. The molecule has 2 aliphatic rings. The molecule has 0 saturated carbocycles. The van der Waals surface area contributed by atoms with Gasteiger partial charge in [0.05, 0.1) is 29.2 Å². The Morgan fingerprint density at radius 1 is 1.02 bits per heavy atom. The molecule has 2 aromatic carbocycles. The largest absolute Gasteiger partial charge is 0.493 e. The molecule has 0 unspecified atom stereocenters. The van der Waals surface area contributed by atoms with Crippen molar-refractivity contribution in [1.82, 2.24) is 9.80 Å².